The lowest BCUT2D eigenvalue weighted by atomic mass is 10.1. The Morgan fingerprint density at radius 1 is 1.38 bits per heavy atom. The van der Waals surface area contributed by atoms with Crippen LogP contribution in [0.15, 0.2) is 17.2 Å². The molecule has 0 radical (unpaired) electrons. The summed E-state index contributed by atoms with van der Waals surface area (Å²) in [5.41, 5.74) is 4.99. The van der Waals surface area contributed by atoms with Gasteiger partial charge in [0.1, 0.15) is 6.26 Å². The Morgan fingerprint density at radius 3 is 3.38 bits per heavy atom. The van der Waals surface area contributed by atoms with Gasteiger partial charge in [-0.3, -0.25) is 0 Å². The maximum Gasteiger partial charge on any atom is 0.132 e. The summed E-state index contributed by atoms with van der Waals surface area (Å²) in [6.45, 7) is 1.01. The summed E-state index contributed by atoms with van der Waals surface area (Å²) in [6.07, 6.45) is 2.78. The van der Waals surface area contributed by atoms with Gasteiger partial charge in [0.2, 0.25) is 0 Å². The maximum atomic E-state index is 4.94. The van der Waals surface area contributed by atoms with E-state index in [0.717, 1.165) is 23.5 Å². The Bertz CT molecular complexity index is 466. The van der Waals surface area contributed by atoms with Crippen LogP contribution in [0, 0.1) is 0 Å². The van der Waals surface area contributed by atoms with Crippen LogP contribution in [-0.2, 0) is 11.3 Å². The van der Waals surface area contributed by atoms with E-state index < -0.39 is 0 Å². The Kier molecular flexibility index (Phi) is 1.24. The molecule has 0 amide bonds. The van der Waals surface area contributed by atoms with Gasteiger partial charge in [0.05, 0.1) is 16.3 Å². The molecule has 0 atom stereocenters. The molecule has 66 valence electrons. The highest BCUT2D eigenvalue weighted by molar-refractivity contribution is 5.57. The van der Waals surface area contributed by atoms with E-state index in [4.69, 9.17) is 4.84 Å². The summed E-state index contributed by atoms with van der Waals surface area (Å²) in [6, 6.07) is 4.12. The van der Waals surface area contributed by atoms with Crippen LogP contribution >= 0.6 is 0 Å². The van der Waals surface area contributed by atoms with E-state index >= 15 is 0 Å². The molecule has 0 saturated heterocycles. The van der Waals surface area contributed by atoms with Gasteiger partial charge in [0.25, 0.3) is 0 Å². The van der Waals surface area contributed by atoms with Crippen molar-refractivity contribution in [2.45, 2.75) is 6.42 Å². The van der Waals surface area contributed by atoms with Crippen molar-refractivity contribution < 1.29 is 4.84 Å². The molecule has 4 heteroatoms. The second-order valence-corrected chi connectivity index (χ2v) is 3.15. The fourth-order valence-electron chi connectivity index (χ4n) is 1.77. The first-order valence-corrected chi connectivity index (χ1v) is 4.29. The van der Waals surface area contributed by atoms with Crippen LogP contribution in [0.5, 0.6) is 0 Å². The molecule has 1 aromatic rings. The van der Waals surface area contributed by atoms with Crippen molar-refractivity contribution in [3.63, 3.8) is 0 Å². The van der Waals surface area contributed by atoms with Gasteiger partial charge in [-0.05, 0) is 18.1 Å². The van der Waals surface area contributed by atoms with Crippen LogP contribution in [0.25, 0.3) is 6.26 Å². The fourth-order valence-corrected chi connectivity index (χ4v) is 1.77. The number of anilines is 1. The molecule has 0 saturated carbocycles. The summed E-state index contributed by atoms with van der Waals surface area (Å²) in [7, 11) is 0. The fraction of sp³-hybridized carbons (Fsp3) is 0.222. The Balaban J connectivity index is 2.42. The maximum absolute atomic E-state index is 4.94. The number of hydrogen-bond donors (Lipinski definition) is 2. The zero-order valence-electron chi connectivity index (χ0n) is 7.00. The molecule has 13 heavy (non-hydrogen) atoms. The topological polar surface area (TPSA) is 45.7 Å². The van der Waals surface area contributed by atoms with Gasteiger partial charge in [0, 0.05) is 6.54 Å². The molecule has 0 fully saturated rings. The lowest BCUT2D eigenvalue weighted by molar-refractivity contribution is 0.166. The van der Waals surface area contributed by atoms with E-state index in [-0.39, 0.29) is 0 Å². The van der Waals surface area contributed by atoms with Gasteiger partial charge < -0.3 is 10.2 Å². The number of nitrogens with zero attached hydrogens (tertiary/aromatic N) is 1. The average Bonchev–Trinajstić information content (AvgIpc) is 2.65. The normalized spacial score (nSPS) is 16.6. The van der Waals surface area contributed by atoms with E-state index in [1.165, 1.54) is 11.3 Å². The van der Waals surface area contributed by atoms with Gasteiger partial charge in [0.15, 0.2) is 0 Å². The number of rotatable bonds is 0. The quantitative estimate of drug-likeness (QED) is 0.556. The Morgan fingerprint density at radius 2 is 2.38 bits per heavy atom. The van der Waals surface area contributed by atoms with Gasteiger partial charge in [-0.25, -0.2) is 0 Å². The van der Waals surface area contributed by atoms with Crippen molar-refractivity contribution in [3.8, 4) is 0 Å². The third-order valence-corrected chi connectivity index (χ3v) is 2.40. The second-order valence-electron chi connectivity index (χ2n) is 3.15. The predicted molar refractivity (Wildman–Crippen MR) is 48.1 cm³/mol. The van der Waals surface area contributed by atoms with E-state index in [1.54, 1.807) is 6.26 Å². The minimum absolute atomic E-state index is 0.930. The molecule has 4 nitrogen and oxygen atoms in total. The monoisotopic (exact) mass is 175 g/mol. The summed E-state index contributed by atoms with van der Waals surface area (Å²) in [5, 5.41) is 9.34. The van der Waals surface area contributed by atoms with E-state index in [1.807, 2.05) is 6.07 Å². The number of fused-ring (bicyclic) bond motifs is 3. The second kappa shape index (κ2) is 2.39. The number of nitrogens with one attached hydrogen (secondary N) is 2. The largest absolute Gasteiger partial charge is 0.384 e. The van der Waals surface area contributed by atoms with Crippen molar-refractivity contribution in [2.24, 2.45) is 5.10 Å². The van der Waals surface area contributed by atoms with E-state index in [2.05, 4.69) is 22.1 Å². The molecule has 2 heterocycles. The molecule has 0 unspecified atom stereocenters. The van der Waals surface area contributed by atoms with Gasteiger partial charge >= 0.3 is 0 Å². The third kappa shape index (κ3) is 0.884. The van der Waals surface area contributed by atoms with Crippen LogP contribution < -0.4 is 21.5 Å². The first-order chi connectivity index (χ1) is 6.45. The molecule has 2 N–H and O–H groups in total. The molecule has 0 bridgehead atoms. The van der Waals surface area contributed by atoms with Crippen molar-refractivity contribution in [1.82, 2.24) is 5.59 Å². The number of benzene rings is 1. The Hall–Kier alpha value is -1.71. The van der Waals surface area contributed by atoms with Crippen LogP contribution in [0.3, 0.4) is 0 Å². The van der Waals surface area contributed by atoms with E-state index in [0.29, 0.717) is 0 Å². The highest BCUT2D eigenvalue weighted by Crippen LogP contribution is 2.15. The highest BCUT2D eigenvalue weighted by atomic mass is 16.7. The molecule has 2 aliphatic heterocycles. The van der Waals surface area contributed by atoms with Crippen molar-refractivity contribution in [1.29, 1.82) is 0 Å². The summed E-state index contributed by atoms with van der Waals surface area (Å²) in [4.78, 5) is 4.94. The molecule has 3 rings (SSSR count). The molecule has 0 spiro atoms. The highest BCUT2D eigenvalue weighted by Gasteiger charge is 2.12. The zero-order chi connectivity index (χ0) is 8.67. The minimum Gasteiger partial charge on any atom is -0.384 e. The first-order valence-electron chi connectivity index (χ1n) is 4.29. The molecular formula is C9H9N3O. The molecular weight excluding hydrogens is 166 g/mol. The van der Waals surface area contributed by atoms with Crippen molar-refractivity contribution in [3.05, 3.63) is 28.3 Å². The van der Waals surface area contributed by atoms with Crippen LogP contribution in [0.4, 0.5) is 5.69 Å². The lowest BCUT2D eigenvalue weighted by Crippen LogP contribution is -2.34. The van der Waals surface area contributed by atoms with Gasteiger partial charge in [-0.2, -0.15) is 0 Å². The van der Waals surface area contributed by atoms with E-state index in [9.17, 15) is 0 Å². The third-order valence-electron chi connectivity index (χ3n) is 2.40. The molecule has 0 aromatic heterocycles. The smallest absolute Gasteiger partial charge is 0.132 e. The van der Waals surface area contributed by atoms with Crippen LogP contribution in [0.1, 0.15) is 5.56 Å². The van der Waals surface area contributed by atoms with Gasteiger partial charge in [-0.15, -0.1) is 10.7 Å². The lowest BCUT2D eigenvalue weighted by Gasteiger charge is -2.06. The Labute approximate surface area is 74.9 Å². The van der Waals surface area contributed by atoms with Gasteiger partial charge in [-0.1, -0.05) is 6.07 Å². The zero-order valence-corrected chi connectivity index (χ0v) is 7.00. The van der Waals surface area contributed by atoms with Crippen molar-refractivity contribution in [2.75, 3.05) is 11.9 Å². The van der Waals surface area contributed by atoms with Crippen LogP contribution in [0.2, 0.25) is 0 Å². The minimum atomic E-state index is 0.930. The van der Waals surface area contributed by atoms with Crippen LogP contribution in [-0.4, -0.2) is 6.54 Å². The predicted octanol–water partition coefficient (Wildman–Crippen LogP) is -0.538. The number of hydrogen-bond acceptors (Lipinski definition) is 4. The first kappa shape index (κ1) is 6.77. The molecule has 0 aliphatic carbocycles. The summed E-state index contributed by atoms with van der Waals surface area (Å²) in [5.74, 6) is 0. The summed E-state index contributed by atoms with van der Waals surface area (Å²) >= 11 is 0. The SMILES string of the molecule is C1=c2c3c(ccc2=NNO1)CCN3. The standard InChI is InChI=1S/C9H9N3O/c1-2-8-7(5-13-12-11-8)9-6(1)3-4-10-9/h1-2,5,10,12H,3-4H2. The average molecular weight is 175 g/mol. The molecule has 2 aliphatic rings. The summed E-state index contributed by atoms with van der Waals surface area (Å²) < 4.78 is 0. The van der Waals surface area contributed by atoms with Crippen molar-refractivity contribution >= 4 is 11.9 Å². The molecule has 1 aromatic carbocycles.